The summed E-state index contributed by atoms with van der Waals surface area (Å²) in [5.74, 6) is -0.274. The lowest BCUT2D eigenvalue weighted by molar-refractivity contribution is -0.128. The van der Waals surface area contributed by atoms with Crippen molar-refractivity contribution < 1.29 is 14.7 Å². The second-order valence-electron chi connectivity index (χ2n) is 3.59. The molecule has 1 amide bonds. The van der Waals surface area contributed by atoms with E-state index in [9.17, 15) is 9.59 Å². The van der Waals surface area contributed by atoms with Crippen LogP contribution in [0.4, 0.5) is 0 Å². The fraction of sp³-hybridized carbons (Fsp3) is 0.500. The first-order chi connectivity index (χ1) is 7.91. The maximum atomic E-state index is 11.3. The molecule has 0 aliphatic heterocycles. The minimum Gasteiger partial charge on any atom is -0.477 e. The van der Waals surface area contributed by atoms with E-state index in [1.54, 1.807) is 21.0 Å². The van der Waals surface area contributed by atoms with Gasteiger partial charge in [-0.05, 0) is 6.92 Å². The molecule has 0 atom stereocenters. The number of aryl methyl sites for hydroxylation is 1. The number of amides is 1. The SMILES string of the molecule is Cc1nc(SCCC(=O)N(C)C)sc1C(=O)O. The number of thioether (sulfide) groups is 1. The molecule has 0 saturated heterocycles. The van der Waals surface area contributed by atoms with Crippen LogP contribution in [-0.2, 0) is 4.79 Å². The van der Waals surface area contributed by atoms with Crippen LogP contribution in [0.3, 0.4) is 0 Å². The Hall–Kier alpha value is -1.08. The van der Waals surface area contributed by atoms with Gasteiger partial charge >= 0.3 is 5.97 Å². The summed E-state index contributed by atoms with van der Waals surface area (Å²) in [6.45, 7) is 1.68. The van der Waals surface area contributed by atoms with Crippen molar-refractivity contribution in [1.29, 1.82) is 0 Å². The van der Waals surface area contributed by atoms with Crippen LogP contribution < -0.4 is 0 Å². The van der Waals surface area contributed by atoms with Crippen molar-refractivity contribution >= 4 is 35.0 Å². The molecule has 0 unspecified atom stereocenters. The molecule has 7 heteroatoms. The third kappa shape index (κ3) is 4.01. The highest BCUT2D eigenvalue weighted by molar-refractivity contribution is 8.01. The first-order valence-electron chi connectivity index (χ1n) is 4.95. The molecule has 0 aromatic carbocycles. The Morgan fingerprint density at radius 3 is 2.59 bits per heavy atom. The first kappa shape index (κ1) is 14.0. The summed E-state index contributed by atoms with van der Waals surface area (Å²) in [7, 11) is 3.42. The molecule has 0 aliphatic carbocycles. The van der Waals surface area contributed by atoms with Gasteiger partial charge in [0.25, 0.3) is 0 Å². The van der Waals surface area contributed by atoms with Crippen LogP contribution in [0.2, 0.25) is 0 Å². The predicted octanol–water partition coefficient (Wildman–Crippen LogP) is 1.72. The van der Waals surface area contributed by atoms with Gasteiger partial charge in [0.1, 0.15) is 4.88 Å². The standard InChI is InChI=1S/C10H14N2O3S2/c1-6-8(9(14)15)17-10(11-6)16-5-4-7(13)12(2)3/h4-5H2,1-3H3,(H,14,15). The van der Waals surface area contributed by atoms with E-state index in [1.807, 2.05) is 0 Å². The number of carboxylic acids is 1. The van der Waals surface area contributed by atoms with E-state index in [0.29, 0.717) is 22.2 Å². The molecule has 0 spiro atoms. The third-order valence-corrected chi connectivity index (χ3v) is 4.30. The Bertz CT molecular complexity index is 429. The van der Waals surface area contributed by atoms with Crippen molar-refractivity contribution in [2.24, 2.45) is 0 Å². The van der Waals surface area contributed by atoms with Gasteiger partial charge in [-0.3, -0.25) is 4.79 Å². The number of aromatic nitrogens is 1. The summed E-state index contributed by atoms with van der Waals surface area (Å²) in [5.41, 5.74) is 0.531. The number of carbonyl (C=O) groups is 2. The summed E-state index contributed by atoms with van der Waals surface area (Å²) < 4.78 is 0.700. The van der Waals surface area contributed by atoms with Crippen LogP contribution in [0.15, 0.2) is 4.34 Å². The molecule has 94 valence electrons. The molecule has 0 saturated carbocycles. The van der Waals surface area contributed by atoms with E-state index in [-0.39, 0.29) is 10.8 Å². The van der Waals surface area contributed by atoms with Crippen LogP contribution in [0.25, 0.3) is 0 Å². The van der Waals surface area contributed by atoms with Crippen molar-refractivity contribution in [2.45, 2.75) is 17.7 Å². The summed E-state index contributed by atoms with van der Waals surface area (Å²) >= 11 is 2.57. The molecular formula is C10H14N2O3S2. The Balaban J connectivity index is 2.50. The number of thiazole rings is 1. The van der Waals surface area contributed by atoms with E-state index in [2.05, 4.69) is 4.98 Å². The van der Waals surface area contributed by atoms with Gasteiger partial charge in [0.15, 0.2) is 4.34 Å². The van der Waals surface area contributed by atoms with Crippen molar-refractivity contribution in [2.75, 3.05) is 19.8 Å². The zero-order chi connectivity index (χ0) is 13.0. The van der Waals surface area contributed by atoms with E-state index in [0.717, 1.165) is 11.3 Å². The van der Waals surface area contributed by atoms with Crippen molar-refractivity contribution in [3.05, 3.63) is 10.6 Å². The number of hydrogen-bond donors (Lipinski definition) is 1. The molecule has 1 N–H and O–H groups in total. The fourth-order valence-corrected chi connectivity index (χ4v) is 3.11. The molecule has 0 fully saturated rings. The molecule has 1 rings (SSSR count). The monoisotopic (exact) mass is 274 g/mol. The largest absolute Gasteiger partial charge is 0.477 e. The quantitative estimate of drug-likeness (QED) is 0.828. The smallest absolute Gasteiger partial charge is 0.347 e. The predicted molar refractivity (Wildman–Crippen MR) is 67.8 cm³/mol. The van der Waals surface area contributed by atoms with Crippen LogP contribution in [-0.4, -0.2) is 46.7 Å². The zero-order valence-corrected chi connectivity index (χ0v) is 11.5. The minimum absolute atomic E-state index is 0.0595. The van der Waals surface area contributed by atoms with Crippen LogP contribution >= 0.6 is 23.1 Å². The molecule has 17 heavy (non-hydrogen) atoms. The summed E-state index contributed by atoms with van der Waals surface area (Å²) in [6.07, 6.45) is 0.429. The molecule has 1 aromatic rings. The average Bonchev–Trinajstić information content (AvgIpc) is 2.59. The van der Waals surface area contributed by atoms with E-state index in [4.69, 9.17) is 5.11 Å². The highest BCUT2D eigenvalue weighted by Crippen LogP contribution is 2.27. The number of carboxylic acid groups (broad SMARTS) is 1. The average molecular weight is 274 g/mol. The summed E-state index contributed by atoms with van der Waals surface area (Å²) in [5, 5.41) is 8.87. The fourth-order valence-electron chi connectivity index (χ4n) is 1.08. The Kier molecular flexibility index (Phi) is 4.95. The molecule has 0 aliphatic rings. The second-order valence-corrected chi connectivity index (χ2v) is 5.93. The summed E-state index contributed by atoms with van der Waals surface area (Å²) in [6, 6.07) is 0. The van der Waals surface area contributed by atoms with Gasteiger partial charge < -0.3 is 10.0 Å². The molecule has 1 aromatic heterocycles. The Labute approximate surface area is 108 Å². The van der Waals surface area contributed by atoms with Gasteiger partial charge in [-0.1, -0.05) is 11.8 Å². The second kappa shape index (κ2) is 6.02. The third-order valence-electron chi connectivity index (χ3n) is 2.01. The van der Waals surface area contributed by atoms with Crippen molar-refractivity contribution in [1.82, 2.24) is 9.88 Å². The van der Waals surface area contributed by atoms with Gasteiger partial charge in [-0.2, -0.15) is 0 Å². The number of hydrogen-bond acceptors (Lipinski definition) is 5. The zero-order valence-electron chi connectivity index (χ0n) is 9.89. The highest BCUT2D eigenvalue weighted by Gasteiger charge is 2.14. The number of carbonyl (C=O) groups excluding carboxylic acids is 1. The lowest BCUT2D eigenvalue weighted by Gasteiger charge is -2.08. The van der Waals surface area contributed by atoms with E-state index >= 15 is 0 Å². The van der Waals surface area contributed by atoms with Crippen molar-refractivity contribution in [3.63, 3.8) is 0 Å². The first-order valence-corrected chi connectivity index (χ1v) is 6.75. The van der Waals surface area contributed by atoms with Crippen LogP contribution in [0.1, 0.15) is 21.8 Å². The molecule has 0 radical (unpaired) electrons. The normalized spacial score (nSPS) is 10.3. The van der Waals surface area contributed by atoms with Crippen LogP contribution in [0.5, 0.6) is 0 Å². The maximum Gasteiger partial charge on any atom is 0.347 e. The van der Waals surface area contributed by atoms with E-state index < -0.39 is 5.97 Å². The summed E-state index contributed by atoms with van der Waals surface area (Å²) in [4.78, 5) is 28.1. The molecule has 1 heterocycles. The van der Waals surface area contributed by atoms with Crippen molar-refractivity contribution in [3.8, 4) is 0 Å². The molecule has 5 nitrogen and oxygen atoms in total. The van der Waals surface area contributed by atoms with Gasteiger partial charge in [-0.15, -0.1) is 11.3 Å². The lowest BCUT2D eigenvalue weighted by atomic mass is 10.4. The van der Waals surface area contributed by atoms with Gasteiger partial charge in [0, 0.05) is 26.3 Å². The number of nitrogens with zero attached hydrogens (tertiary/aromatic N) is 2. The van der Waals surface area contributed by atoms with Gasteiger partial charge in [0.05, 0.1) is 5.69 Å². The van der Waals surface area contributed by atoms with Gasteiger partial charge in [0.2, 0.25) is 5.91 Å². The minimum atomic E-state index is -0.948. The maximum absolute atomic E-state index is 11.3. The number of aromatic carboxylic acids is 1. The molecule has 0 bridgehead atoms. The lowest BCUT2D eigenvalue weighted by Crippen LogP contribution is -2.21. The number of rotatable bonds is 5. The van der Waals surface area contributed by atoms with Gasteiger partial charge in [-0.25, -0.2) is 9.78 Å². The van der Waals surface area contributed by atoms with E-state index in [1.165, 1.54) is 16.7 Å². The topological polar surface area (TPSA) is 70.5 Å². The Morgan fingerprint density at radius 2 is 2.12 bits per heavy atom. The highest BCUT2D eigenvalue weighted by atomic mass is 32.2. The molecular weight excluding hydrogens is 260 g/mol. The van der Waals surface area contributed by atoms with Crippen LogP contribution in [0, 0.1) is 6.92 Å². The Morgan fingerprint density at radius 1 is 1.47 bits per heavy atom.